The van der Waals surface area contributed by atoms with E-state index in [2.05, 4.69) is 29.0 Å². The van der Waals surface area contributed by atoms with E-state index in [1.807, 2.05) is 30.3 Å². The molecule has 0 spiro atoms. The summed E-state index contributed by atoms with van der Waals surface area (Å²) in [6, 6.07) is 18.5. The van der Waals surface area contributed by atoms with E-state index in [0.29, 0.717) is 19.7 Å². The largest absolute Gasteiger partial charge is 0.489 e. The highest BCUT2D eigenvalue weighted by atomic mass is 16.5. The molecule has 0 N–H and O–H groups in total. The van der Waals surface area contributed by atoms with Gasteiger partial charge < -0.3 is 9.47 Å². The molecule has 2 aromatic carbocycles. The molecule has 0 unspecified atom stereocenters. The van der Waals surface area contributed by atoms with Crippen LogP contribution in [-0.2, 0) is 22.6 Å². The molecule has 122 valence electrons. The van der Waals surface area contributed by atoms with E-state index >= 15 is 0 Å². The number of carbonyl (C=O) groups excluding carboxylic acids is 1. The average Bonchev–Trinajstić information content (AvgIpc) is 2.60. The third-order valence-corrected chi connectivity index (χ3v) is 3.69. The van der Waals surface area contributed by atoms with Crippen LogP contribution >= 0.6 is 0 Å². The van der Waals surface area contributed by atoms with E-state index in [1.165, 1.54) is 11.1 Å². The van der Waals surface area contributed by atoms with Crippen LogP contribution in [0.25, 0.3) is 0 Å². The van der Waals surface area contributed by atoms with Gasteiger partial charge >= 0.3 is 0 Å². The lowest BCUT2D eigenvalue weighted by Crippen LogP contribution is -1.96. The Hall–Kier alpha value is -2.29. The standard InChI is InChI=1S/C20H24O3/c21-17-22-14-7-2-1-4-9-18-12-8-13-20(15-18)23-16-19-10-5-3-6-11-19/h3,5-6,8,10-13,15,17H,1-2,4,7,9,14,16H2. The van der Waals surface area contributed by atoms with Crippen LogP contribution in [-0.4, -0.2) is 13.1 Å². The summed E-state index contributed by atoms with van der Waals surface area (Å²) in [6.45, 7) is 1.65. The summed E-state index contributed by atoms with van der Waals surface area (Å²) in [7, 11) is 0. The van der Waals surface area contributed by atoms with Gasteiger partial charge in [0.1, 0.15) is 12.4 Å². The van der Waals surface area contributed by atoms with Crippen LogP contribution in [0.15, 0.2) is 54.6 Å². The van der Waals surface area contributed by atoms with Gasteiger partial charge in [-0.3, -0.25) is 4.79 Å². The first kappa shape index (κ1) is 17.1. The third-order valence-electron chi connectivity index (χ3n) is 3.69. The highest BCUT2D eigenvalue weighted by Gasteiger charge is 1.99. The number of hydrogen-bond donors (Lipinski definition) is 0. The molecule has 0 radical (unpaired) electrons. The number of rotatable bonds is 11. The van der Waals surface area contributed by atoms with Crippen molar-refractivity contribution in [1.82, 2.24) is 0 Å². The molecule has 0 aliphatic rings. The SMILES string of the molecule is O=COCCCCCCc1cccc(OCc2ccccc2)c1. The lowest BCUT2D eigenvalue weighted by molar-refractivity contribution is -0.128. The van der Waals surface area contributed by atoms with Gasteiger partial charge in [-0.25, -0.2) is 0 Å². The zero-order valence-electron chi connectivity index (χ0n) is 13.4. The molecule has 0 amide bonds. The molecule has 0 aliphatic carbocycles. The number of unbranched alkanes of at least 4 members (excludes halogenated alkanes) is 3. The Morgan fingerprint density at radius 3 is 2.43 bits per heavy atom. The molecule has 0 bridgehead atoms. The van der Waals surface area contributed by atoms with Gasteiger partial charge in [0.05, 0.1) is 6.61 Å². The van der Waals surface area contributed by atoms with Crippen molar-refractivity contribution in [2.24, 2.45) is 0 Å². The summed E-state index contributed by atoms with van der Waals surface area (Å²) in [5, 5.41) is 0. The Bertz CT molecular complexity index is 566. The van der Waals surface area contributed by atoms with Gasteiger partial charge in [0.2, 0.25) is 0 Å². The van der Waals surface area contributed by atoms with Crippen LogP contribution in [0.2, 0.25) is 0 Å². The average molecular weight is 312 g/mol. The van der Waals surface area contributed by atoms with E-state index in [1.54, 1.807) is 0 Å². The van der Waals surface area contributed by atoms with Gasteiger partial charge in [0.25, 0.3) is 6.47 Å². The molecule has 0 saturated heterocycles. The van der Waals surface area contributed by atoms with Gasteiger partial charge in [0.15, 0.2) is 0 Å². The zero-order chi connectivity index (χ0) is 16.2. The summed E-state index contributed by atoms with van der Waals surface area (Å²) in [5.74, 6) is 0.922. The fourth-order valence-electron chi connectivity index (χ4n) is 2.45. The molecular formula is C20H24O3. The van der Waals surface area contributed by atoms with Crippen molar-refractivity contribution in [1.29, 1.82) is 0 Å². The van der Waals surface area contributed by atoms with Crippen LogP contribution in [0.4, 0.5) is 0 Å². The van der Waals surface area contributed by atoms with E-state index in [-0.39, 0.29) is 0 Å². The summed E-state index contributed by atoms with van der Waals surface area (Å²) >= 11 is 0. The smallest absolute Gasteiger partial charge is 0.293 e. The monoisotopic (exact) mass is 312 g/mol. The van der Waals surface area contributed by atoms with Crippen molar-refractivity contribution in [2.75, 3.05) is 6.61 Å². The number of aryl methyl sites for hydroxylation is 1. The van der Waals surface area contributed by atoms with Crippen molar-refractivity contribution in [2.45, 2.75) is 38.7 Å². The molecular weight excluding hydrogens is 288 g/mol. The van der Waals surface area contributed by atoms with Crippen LogP contribution in [0.3, 0.4) is 0 Å². The first-order valence-electron chi connectivity index (χ1n) is 8.19. The Morgan fingerprint density at radius 1 is 0.826 bits per heavy atom. The summed E-state index contributed by atoms with van der Waals surface area (Å²) in [5.41, 5.74) is 2.48. The van der Waals surface area contributed by atoms with Crippen molar-refractivity contribution in [3.63, 3.8) is 0 Å². The highest BCUT2D eigenvalue weighted by Crippen LogP contribution is 2.17. The predicted octanol–water partition coefficient (Wildman–Crippen LogP) is 4.54. The molecule has 2 rings (SSSR count). The molecule has 0 aromatic heterocycles. The fourth-order valence-corrected chi connectivity index (χ4v) is 2.45. The predicted molar refractivity (Wildman–Crippen MR) is 91.4 cm³/mol. The Morgan fingerprint density at radius 2 is 1.61 bits per heavy atom. The Kier molecular flexibility index (Phi) is 7.75. The zero-order valence-corrected chi connectivity index (χ0v) is 13.4. The summed E-state index contributed by atoms with van der Waals surface area (Å²) in [4.78, 5) is 10.0. The van der Waals surface area contributed by atoms with E-state index in [9.17, 15) is 4.79 Å². The molecule has 0 atom stereocenters. The van der Waals surface area contributed by atoms with Crippen LogP contribution in [0.1, 0.15) is 36.8 Å². The minimum atomic E-state index is 0.515. The topological polar surface area (TPSA) is 35.5 Å². The van der Waals surface area contributed by atoms with Crippen molar-refractivity contribution < 1.29 is 14.3 Å². The second kappa shape index (κ2) is 10.4. The number of carbonyl (C=O) groups is 1. The first-order valence-corrected chi connectivity index (χ1v) is 8.19. The van der Waals surface area contributed by atoms with Gasteiger partial charge in [-0.05, 0) is 42.5 Å². The molecule has 0 fully saturated rings. The Labute approximate surface area is 138 Å². The lowest BCUT2D eigenvalue weighted by atomic mass is 10.1. The number of benzene rings is 2. The molecule has 0 heterocycles. The van der Waals surface area contributed by atoms with E-state index in [4.69, 9.17) is 4.74 Å². The summed E-state index contributed by atoms with van der Waals surface area (Å²) in [6.07, 6.45) is 5.38. The second-order valence-corrected chi connectivity index (χ2v) is 5.55. The number of ether oxygens (including phenoxy) is 2. The maximum Gasteiger partial charge on any atom is 0.293 e. The first-order chi connectivity index (χ1) is 11.4. The summed E-state index contributed by atoms with van der Waals surface area (Å²) < 4.78 is 10.5. The molecule has 3 heteroatoms. The minimum Gasteiger partial charge on any atom is -0.489 e. The van der Waals surface area contributed by atoms with Gasteiger partial charge in [0, 0.05) is 0 Å². The van der Waals surface area contributed by atoms with Crippen molar-refractivity contribution in [3.8, 4) is 5.75 Å². The fraction of sp³-hybridized carbons (Fsp3) is 0.350. The molecule has 3 nitrogen and oxygen atoms in total. The normalized spacial score (nSPS) is 10.3. The van der Waals surface area contributed by atoms with Crippen LogP contribution < -0.4 is 4.74 Å². The van der Waals surface area contributed by atoms with Crippen molar-refractivity contribution in [3.05, 3.63) is 65.7 Å². The van der Waals surface area contributed by atoms with E-state index < -0.39 is 0 Å². The van der Waals surface area contributed by atoms with Crippen molar-refractivity contribution >= 4 is 6.47 Å². The van der Waals surface area contributed by atoms with Gasteiger partial charge in [-0.1, -0.05) is 55.3 Å². The Balaban J connectivity index is 1.69. The molecule has 0 aliphatic heterocycles. The highest BCUT2D eigenvalue weighted by molar-refractivity contribution is 5.36. The lowest BCUT2D eigenvalue weighted by Gasteiger charge is -2.08. The maximum absolute atomic E-state index is 10.0. The quantitative estimate of drug-likeness (QED) is 0.451. The maximum atomic E-state index is 10.0. The van der Waals surface area contributed by atoms with Crippen LogP contribution in [0, 0.1) is 0 Å². The molecule has 2 aromatic rings. The molecule has 0 saturated carbocycles. The molecule has 23 heavy (non-hydrogen) atoms. The van der Waals surface area contributed by atoms with Gasteiger partial charge in [-0.2, -0.15) is 0 Å². The minimum absolute atomic E-state index is 0.515. The van der Waals surface area contributed by atoms with Gasteiger partial charge in [-0.15, -0.1) is 0 Å². The second-order valence-electron chi connectivity index (χ2n) is 5.55. The van der Waals surface area contributed by atoms with Crippen LogP contribution in [0.5, 0.6) is 5.75 Å². The van der Waals surface area contributed by atoms with E-state index in [0.717, 1.165) is 37.9 Å². The third kappa shape index (κ3) is 7.00. The number of hydrogen-bond acceptors (Lipinski definition) is 3.